The van der Waals surface area contributed by atoms with Gasteiger partial charge in [0.1, 0.15) is 5.75 Å². The van der Waals surface area contributed by atoms with Crippen molar-refractivity contribution in [3.05, 3.63) is 24.3 Å². The number of fused-ring (bicyclic) bond motifs is 1. The molecule has 5 heteroatoms. The van der Waals surface area contributed by atoms with Crippen LogP contribution < -0.4 is 9.64 Å². The fraction of sp³-hybridized carbons (Fsp3) is 0.385. The number of carbonyl (C=O) groups is 2. The lowest BCUT2D eigenvalue weighted by atomic mass is 10.1. The van der Waals surface area contributed by atoms with Crippen LogP contribution in [0, 0.1) is 0 Å². The molecule has 1 aromatic rings. The molecule has 1 amide bonds. The second-order valence-corrected chi connectivity index (χ2v) is 4.47. The summed E-state index contributed by atoms with van der Waals surface area (Å²) in [6.45, 7) is 3.77. The lowest BCUT2D eigenvalue weighted by Crippen LogP contribution is -2.49. The van der Waals surface area contributed by atoms with Crippen molar-refractivity contribution in [3.8, 4) is 5.75 Å². The van der Waals surface area contributed by atoms with E-state index in [9.17, 15) is 9.59 Å². The number of ether oxygens (including phenoxy) is 1. The molecule has 0 aromatic heterocycles. The Kier molecular flexibility index (Phi) is 3.23. The van der Waals surface area contributed by atoms with Crippen molar-refractivity contribution in [2.75, 3.05) is 4.90 Å². The van der Waals surface area contributed by atoms with Crippen LogP contribution in [-0.4, -0.2) is 29.1 Å². The number of carboxylic acids is 1. The van der Waals surface area contributed by atoms with Gasteiger partial charge in [-0.2, -0.15) is 0 Å². The van der Waals surface area contributed by atoms with Crippen LogP contribution in [-0.2, 0) is 9.59 Å². The second kappa shape index (κ2) is 4.68. The van der Waals surface area contributed by atoms with Gasteiger partial charge in [0, 0.05) is 6.04 Å². The molecule has 0 spiro atoms. The van der Waals surface area contributed by atoms with Crippen LogP contribution >= 0.6 is 0 Å². The number of rotatable bonds is 3. The van der Waals surface area contributed by atoms with Gasteiger partial charge in [0.15, 0.2) is 6.10 Å². The fourth-order valence-electron chi connectivity index (χ4n) is 2.05. The molecule has 1 heterocycles. The first-order valence-corrected chi connectivity index (χ1v) is 5.81. The summed E-state index contributed by atoms with van der Waals surface area (Å²) in [5, 5.41) is 8.81. The van der Waals surface area contributed by atoms with Crippen LogP contribution in [0.3, 0.4) is 0 Å². The Labute approximate surface area is 105 Å². The molecule has 0 aliphatic carbocycles. The number of amides is 1. The predicted molar refractivity (Wildman–Crippen MR) is 65.7 cm³/mol. The molecule has 1 aromatic carbocycles. The third kappa shape index (κ3) is 2.16. The first-order chi connectivity index (χ1) is 8.50. The molecule has 1 aliphatic heterocycles. The summed E-state index contributed by atoms with van der Waals surface area (Å²) in [6, 6.07) is 7.11. The van der Waals surface area contributed by atoms with E-state index in [2.05, 4.69) is 0 Å². The van der Waals surface area contributed by atoms with Crippen LogP contribution in [0.2, 0.25) is 0 Å². The number of hydrogen-bond acceptors (Lipinski definition) is 3. The molecule has 2 rings (SSSR count). The van der Waals surface area contributed by atoms with Crippen molar-refractivity contribution >= 4 is 17.6 Å². The van der Waals surface area contributed by atoms with Crippen molar-refractivity contribution in [2.45, 2.75) is 32.4 Å². The quantitative estimate of drug-likeness (QED) is 0.884. The van der Waals surface area contributed by atoms with Gasteiger partial charge < -0.3 is 14.7 Å². The number of aliphatic carboxylic acids is 1. The van der Waals surface area contributed by atoms with Crippen molar-refractivity contribution in [3.63, 3.8) is 0 Å². The zero-order chi connectivity index (χ0) is 13.3. The summed E-state index contributed by atoms with van der Waals surface area (Å²) in [6.07, 6.45) is -1.27. The number of hydrogen-bond donors (Lipinski definition) is 1. The van der Waals surface area contributed by atoms with E-state index in [1.807, 2.05) is 19.9 Å². The second-order valence-electron chi connectivity index (χ2n) is 4.47. The molecule has 1 unspecified atom stereocenters. The topological polar surface area (TPSA) is 66.8 Å². The van der Waals surface area contributed by atoms with Gasteiger partial charge in [0.2, 0.25) is 0 Å². The first-order valence-electron chi connectivity index (χ1n) is 5.81. The van der Waals surface area contributed by atoms with Crippen molar-refractivity contribution in [1.29, 1.82) is 0 Å². The Morgan fingerprint density at radius 3 is 2.72 bits per heavy atom. The van der Waals surface area contributed by atoms with E-state index in [0.29, 0.717) is 11.4 Å². The maximum absolute atomic E-state index is 12.2. The molecule has 1 aliphatic rings. The van der Waals surface area contributed by atoms with Gasteiger partial charge in [-0.05, 0) is 26.0 Å². The van der Waals surface area contributed by atoms with Crippen LogP contribution in [0.15, 0.2) is 24.3 Å². The molecule has 1 atom stereocenters. The maximum atomic E-state index is 12.2. The number of nitrogens with zero attached hydrogens (tertiary/aromatic N) is 1. The fourth-order valence-corrected chi connectivity index (χ4v) is 2.05. The molecule has 5 nitrogen and oxygen atoms in total. The summed E-state index contributed by atoms with van der Waals surface area (Å²) in [5.74, 6) is -0.792. The average Bonchev–Trinajstić information content (AvgIpc) is 2.29. The standard InChI is InChI=1S/C13H15NO4/c1-8(2)14-9-5-3-4-6-10(9)18-11(13(14)17)7-12(15)16/h3-6,8,11H,7H2,1-2H3,(H,15,16). The van der Waals surface area contributed by atoms with E-state index < -0.39 is 12.1 Å². The van der Waals surface area contributed by atoms with E-state index in [4.69, 9.17) is 9.84 Å². The number of carbonyl (C=O) groups excluding carboxylic acids is 1. The highest BCUT2D eigenvalue weighted by Gasteiger charge is 2.36. The molecule has 18 heavy (non-hydrogen) atoms. The number of anilines is 1. The van der Waals surface area contributed by atoms with E-state index in [1.165, 1.54) is 0 Å². The zero-order valence-corrected chi connectivity index (χ0v) is 10.3. The van der Waals surface area contributed by atoms with Gasteiger partial charge in [-0.25, -0.2) is 0 Å². The summed E-state index contributed by atoms with van der Waals surface area (Å²) in [7, 11) is 0. The Morgan fingerprint density at radius 1 is 1.44 bits per heavy atom. The largest absolute Gasteiger partial charge is 0.481 e. The molecule has 0 radical (unpaired) electrons. The Hall–Kier alpha value is -2.04. The summed E-state index contributed by atoms with van der Waals surface area (Å²) >= 11 is 0. The number of carboxylic acid groups (broad SMARTS) is 1. The minimum Gasteiger partial charge on any atom is -0.481 e. The van der Waals surface area contributed by atoms with Gasteiger partial charge in [0.05, 0.1) is 12.1 Å². The van der Waals surface area contributed by atoms with E-state index in [-0.39, 0.29) is 18.4 Å². The normalized spacial score (nSPS) is 18.5. The van der Waals surface area contributed by atoms with Crippen molar-refractivity contribution in [2.24, 2.45) is 0 Å². The molecule has 0 fully saturated rings. The summed E-state index contributed by atoms with van der Waals surface area (Å²) in [5.41, 5.74) is 0.694. The molecule has 96 valence electrons. The van der Waals surface area contributed by atoms with Crippen molar-refractivity contribution < 1.29 is 19.4 Å². The molecular weight excluding hydrogens is 234 g/mol. The highest BCUT2D eigenvalue weighted by atomic mass is 16.5. The average molecular weight is 249 g/mol. The maximum Gasteiger partial charge on any atom is 0.307 e. The van der Waals surface area contributed by atoms with Gasteiger partial charge in [-0.3, -0.25) is 9.59 Å². The van der Waals surface area contributed by atoms with Crippen LogP contribution in [0.5, 0.6) is 5.75 Å². The molecule has 0 bridgehead atoms. The van der Waals surface area contributed by atoms with E-state index >= 15 is 0 Å². The van der Waals surface area contributed by atoms with Gasteiger partial charge >= 0.3 is 5.97 Å². The Bertz CT molecular complexity index is 484. The molecular formula is C13H15NO4. The van der Waals surface area contributed by atoms with E-state index in [0.717, 1.165) is 0 Å². The summed E-state index contributed by atoms with van der Waals surface area (Å²) in [4.78, 5) is 24.5. The van der Waals surface area contributed by atoms with Crippen LogP contribution in [0.1, 0.15) is 20.3 Å². The highest BCUT2D eigenvalue weighted by molar-refractivity contribution is 6.01. The van der Waals surface area contributed by atoms with Crippen LogP contribution in [0.4, 0.5) is 5.69 Å². The third-order valence-corrected chi connectivity index (χ3v) is 2.78. The monoisotopic (exact) mass is 249 g/mol. The Morgan fingerprint density at radius 2 is 2.11 bits per heavy atom. The van der Waals surface area contributed by atoms with Crippen LogP contribution in [0.25, 0.3) is 0 Å². The minimum atomic E-state index is -1.04. The molecule has 0 saturated heterocycles. The lowest BCUT2D eigenvalue weighted by Gasteiger charge is -2.36. The highest BCUT2D eigenvalue weighted by Crippen LogP contribution is 2.35. The first kappa shape index (κ1) is 12.4. The lowest BCUT2D eigenvalue weighted by molar-refractivity contribution is -0.142. The minimum absolute atomic E-state index is 0.0427. The third-order valence-electron chi connectivity index (χ3n) is 2.78. The van der Waals surface area contributed by atoms with Gasteiger partial charge in [0.25, 0.3) is 5.91 Å². The Balaban J connectivity index is 2.39. The zero-order valence-electron chi connectivity index (χ0n) is 10.3. The number of benzene rings is 1. The summed E-state index contributed by atoms with van der Waals surface area (Å²) < 4.78 is 5.46. The van der Waals surface area contributed by atoms with Gasteiger partial charge in [-0.15, -0.1) is 0 Å². The molecule has 1 N–H and O–H groups in total. The predicted octanol–water partition coefficient (Wildman–Crippen LogP) is 1.66. The SMILES string of the molecule is CC(C)N1C(=O)C(CC(=O)O)Oc2ccccc21. The van der Waals surface area contributed by atoms with E-state index in [1.54, 1.807) is 23.1 Å². The smallest absolute Gasteiger partial charge is 0.307 e. The number of para-hydroxylation sites is 2. The molecule has 0 saturated carbocycles. The van der Waals surface area contributed by atoms with Gasteiger partial charge in [-0.1, -0.05) is 12.1 Å². The van der Waals surface area contributed by atoms with Crippen molar-refractivity contribution in [1.82, 2.24) is 0 Å².